The van der Waals surface area contributed by atoms with E-state index in [-0.39, 0.29) is 6.61 Å². The summed E-state index contributed by atoms with van der Waals surface area (Å²) in [4.78, 5) is 10.2. The maximum absolute atomic E-state index is 11.5. The molecule has 1 aliphatic rings. The Balaban J connectivity index is 2.35. The average Bonchev–Trinajstić information content (AvgIpc) is 2.37. The van der Waals surface area contributed by atoms with Crippen LogP contribution in [0.15, 0.2) is 0 Å². The molecule has 1 aliphatic heterocycles. The van der Waals surface area contributed by atoms with Crippen LogP contribution in [0.5, 0.6) is 0 Å². The molecular weight excluding hydrogens is 179 g/mol. The highest BCUT2D eigenvalue weighted by Gasteiger charge is 2.42. The monoisotopic (exact) mass is 185 g/mol. The van der Waals surface area contributed by atoms with Crippen LogP contribution in [0.3, 0.4) is 0 Å². The Kier molecular flexibility index (Phi) is 2.53. The van der Waals surface area contributed by atoms with Gasteiger partial charge in [0, 0.05) is 6.54 Å². The van der Waals surface area contributed by atoms with Crippen molar-refractivity contribution in [2.75, 3.05) is 13.2 Å². The number of ether oxygens (including phenoxy) is 2. The number of nitrogens with one attached hydrogen (secondary N) is 1. The fraction of sp³-hybridized carbons (Fsp3) is 0.800. The maximum atomic E-state index is 11.5. The van der Waals surface area contributed by atoms with Crippen LogP contribution in [-0.2, 0) is 14.3 Å². The molecule has 0 aromatic rings. The predicted octanol–water partition coefficient (Wildman–Crippen LogP) is -0.00470. The minimum Gasteiger partial charge on any atom is -0.415 e. The summed E-state index contributed by atoms with van der Waals surface area (Å²) in [6, 6.07) is 0. The number of rotatable bonds is 1. The van der Waals surface area contributed by atoms with Gasteiger partial charge in [-0.15, -0.1) is 0 Å². The van der Waals surface area contributed by atoms with Crippen molar-refractivity contribution in [2.45, 2.75) is 12.6 Å². The number of halogens is 3. The molecule has 0 amide bonds. The summed E-state index contributed by atoms with van der Waals surface area (Å²) in [5, 5.41) is 2.39. The molecule has 0 radical (unpaired) electrons. The first-order chi connectivity index (χ1) is 5.50. The zero-order valence-corrected chi connectivity index (χ0v) is 5.85. The molecule has 0 spiro atoms. The van der Waals surface area contributed by atoms with E-state index in [1.165, 1.54) is 0 Å². The summed E-state index contributed by atoms with van der Waals surface area (Å²) in [5.74, 6) is -2.25. The topological polar surface area (TPSA) is 47.6 Å². The van der Waals surface area contributed by atoms with Crippen molar-refractivity contribution in [1.82, 2.24) is 5.32 Å². The number of carbonyl (C=O) groups excluding carboxylic acids is 1. The largest absolute Gasteiger partial charge is 0.491 e. The lowest BCUT2D eigenvalue weighted by atomic mass is 10.7. The molecule has 12 heavy (non-hydrogen) atoms. The van der Waals surface area contributed by atoms with Crippen LogP contribution < -0.4 is 5.32 Å². The van der Waals surface area contributed by atoms with E-state index in [1.54, 1.807) is 0 Å². The lowest BCUT2D eigenvalue weighted by molar-refractivity contribution is -0.222. The fourth-order valence-electron chi connectivity index (χ4n) is 0.641. The van der Waals surface area contributed by atoms with Crippen molar-refractivity contribution in [1.29, 1.82) is 0 Å². The number of carbonyl (C=O) groups is 1. The molecule has 1 atom stereocenters. The van der Waals surface area contributed by atoms with E-state index in [9.17, 15) is 18.0 Å². The van der Waals surface area contributed by atoms with Gasteiger partial charge in [0.2, 0.25) is 0 Å². The first-order valence-corrected chi connectivity index (χ1v) is 3.13. The Labute approximate surface area is 65.6 Å². The third-order valence-electron chi connectivity index (χ3n) is 1.13. The average molecular weight is 185 g/mol. The van der Waals surface area contributed by atoms with Gasteiger partial charge in [0.25, 0.3) is 6.41 Å². The smallest absolute Gasteiger partial charge is 0.415 e. The summed E-state index contributed by atoms with van der Waals surface area (Å²) < 4.78 is 43.1. The van der Waals surface area contributed by atoms with Crippen molar-refractivity contribution in [3.05, 3.63) is 0 Å². The Morgan fingerprint density at radius 2 is 2.25 bits per heavy atom. The quantitative estimate of drug-likeness (QED) is 0.584. The molecule has 4 nitrogen and oxygen atoms in total. The SMILES string of the molecule is O=C(OC1NCCO1)C(F)(F)F. The number of esters is 1. The lowest BCUT2D eigenvalue weighted by Gasteiger charge is -2.11. The first-order valence-electron chi connectivity index (χ1n) is 3.13. The number of hydrogen-bond acceptors (Lipinski definition) is 4. The maximum Gasteiger partial charge on any atom is 0.491 e. The Hall–Kier alpha value is -0.820. The zero-order valence-electron chi connectivity index (χ0n) is 5.85. The molecule has 1 unspecified atom stereocenters. The number of hydrogen-bond donors (Lipinski definition) is 1. The van der Waals surface area contributed by atoms with Crippen molar-refractivity contribution in [2.24, 2.45) is 0 Å². The Morgan fingerprint density at radius 1 is 1.58 bits per heavy atom. The van der Waals surface area contributed by atoms with Crippen LogP contribution in [0.2, 0.25) is 0 Å². The van der Waals surface area contributed by atoms with E-state index < -0.39 is 18.6 Å². The molecule has 1 heterocycles. The highest BCUT2D eigenvalue weighted by Crippen LogP contribution is 2.17. The first kappa shape index (κ1) is 9.27. The van der Waals surface area contributed by atoms with Crippen LogP contribution in [0.1, 0.15) is 0 Å². The van der Waals surface area contributed by atoms with Gasteiger partial charge >= 0.3 is 12.1 Å². The van der Waals surface area contributed by atoms with Crippen LogP contribution >= 0.6 is 0 Å². The van der Waals surface area contributed by atoms with Gasteiger partial charge in [0.1, 0.15) is 0 Å². The van der Waals surface area contributed by atoms with Gasteiger partial charge in [-0.05, 0) is 0 Å². The highest BCUT2D eigenvalue weighted by molar-refractivity contribution is 5.75. The third-order valence-corrected chi connectivity index (χ3v) is 1.13. The van der Waals surface area contributed by atoms with Crippen LogP contribution in [0, 0.1) is 0 Å². The van der Waals surface area contributed by atoms with E-state index in [1.807, 2.05) is 0 Å². The molecule has 0 saturated carbocycles. The second-order valence-corrected chi connectivity index (χ2v) is 2.06. The Morgan fingerprint density at radius 3 is 2.67 bits per heavy atom. The summed E-state index contributed by atoms with van der Waals surface area (Å²) in [6.07, 6.45) is -6.23. The summed E-state index contributed by atoms with van der Waals surface area (Å²) in [6.45, 7) is 0.603. The fourth-order valence-corrected chi connectivity index (χ4v) is 0.641. The summed E-state index contributed by atoms with van der Waals surface area (Å²) >= 11 is 0. The minimum absolute atomic E-state index is 0.232. The van der Waals surface area contributed by atoms with Gasteiger partial charge < -0.3 is 9.47 Å². The van der Waals surface area contributed by atoms with Crippen molar-refractivity contribution in [3.63, 3.8) is 0 Å². The van der Waals surface area contributed by atoms with Crippen molar-refractivity contribution in [3.8, 4) is 0 Å². The van der Waals surface area contributed by atoms with Gasteiger partial charge in [0.15, 0.2) is 0 Å². The van der Waals surface area contributed by atoms with E-state index in [2.05, 4.69) is 14.8 Å². The van der Waals surface area contributed by atoms with E-state index in [4.69, 9.17) is 0 Å². The predicted molar refractivity (Wildman–Crippen MR) is 29.9 cm³/mol. The van der Waals surface area contributed by atoms with E-state index >= 15 is 0 Å². The molecule has 1 N–H and O–H groups in total. The zero-order chi connectivity index (χ0) is 9.19. The standard InChI is InChI=1S/C5H6F3NO3/c6-5(7,8)3(10)12-4-9-1-2-11-4/h4,9H,1-2H2. The molecule has 0 bridgehead atoms. The van der Waals surface area contributed by atoms with Gasteiger partial charge in [-0.3, -0.25) is 5.32 Å². The molecule has 0 aliphatic carbocycles. The normalized spacial score (nSPS) is 24.1. The molecule has 0 aromatic carbocycles. The van der Waals surface area contributed by atoms with E-state index in [0.29, 0.717) is 6.54 Å². The number of alkyl halides is 3. The second-order valence-electron chi connectivity index (χ2n) is 2.06. The van der Waals surface area contributed by atoms with Crippen LogP contribution in [0.25, 0.3) is 0 Å². The molecule has 1 rings (SSSR count). The highest BCUT2D eigenvalue weighted by atomic mass is 19.4. The van der Waals surface area contributed by atoms with Gasteiger partial charge in [-0.1, -0.05) is 0 Å². The van der Waals surface area contributed by atoms with Crippen LogP contribution in [-0.4, -0.2) is 31.7 Å². The molecule has 1 fully saturated rings. The van der Waals surface area contributed by atoms with Crippen molar-refractivity contribution >= 4 is 5.97 Å². The summed E-state index contributed by atoms with van der Waals surface area (Å²) in [5.41, 5.74) is 0. The minimum atomic E-state index is -4.96. The summed E-state index contributed by atoms with van der Waals surface area (Å²) in [7, 11) is 0. The van der Waals surface area contributed by atoms with E-state index in [0.717, 1.165) is 0 Å². The van der Waals surface area contributed by atoms with Crippen LogP contribution in [0.4, 0.5) is 13.2 Å². The lowest BCUT2D eigenvalue weighted by Crippen LogP contribution is -2.35. The molecule has 70 valence electrons. The van der Waals surface area contributed by atoms with Gasteiger partial charge in [0.05, 0.1) is 6.61 Å². The van der Waals surface area contributed by atoms with Gasteiger partial charge in [-0.2, -0.15) is 13.2 Å². The molecule has 0 aromatic heterocycles. The Bertz CT molecular complexity index is 175. The van der Waals surface area contributed by atoms with Gasteiger partial charge in [-0.25, -0.2) is 4.79 Å². The van der Waals surface area contributed by atoms with Crippen molar-refractivity contribution < 1.29 is 27.4 Å². The third kappa shape index (κ3) is 2.35. The molecule has 7 heteroatoms. The molecule has 1 saturated heterocycles. The molecular formula is C5H6F3NO3. The second kappa shape index (κ2) is 3.28.